The first-order chi connectivity index (χ1) is 14.9. The van der Waals surface area contributed by atoms with Crippen LogP contribution in [0.25, 0.3) is 5.65 Å². The Morgan fingerprint density at radius 1 is 1.19 bits per heavy atom. The van der Waals surface area contributed by atoms with Crippen molar-refractivity contribution in [3.05, 3.63) is 41.9 Å². The minimum atomic E-state index is -0.305. The molecule has 1 fully saturated rings. The molecule has 4 heterocycles. The van der Waals surface area contributed by atoms with E-state index in [-0.39, 0.29) is 5.91 Å². The van der Waals surface area contributed by atoms with Crippen molar-refractivity contribution in [3.63, 3.8) is 0 Å². The highest BCUT2D eigenvalue weighted by Gasteiger charge is 2.27. The summed E-state index contributed by atoms with van der Waals surface area (Å²) in [7, 11) is 2.15. The topological polar surface area (TPSA) is 87.9 Å². The largest absolute Gasteiger partial charge is 0.493 e. The predicted molar refractivity (Wildman–Crippen MR) is 120 cm³/mol. The Balaban J connectivity index is 1.52. The van der Waals surface area contributed by atoms with Crippen LogP contribution in [0, 0.1) is 6.92 Å². The maximum atomic E-state index is 13.0. The molecule has 4 rings (SSSR count). The molecule has 0 unspecified atom stereocenters. The van der Waals surface area contributed by atoms with E-state index >= 15 is 0 Å². The first-order valence-corrected chi connectivity index (χ1v) is 10.6. The van der Waals surface area contributed by atoms with E-state index in [1.165, 1.54) is 0 Å². The molecule has 1 saturated heterocycles. The van der Waals surface area contributed by atoms with Gasteiger partial charge in [0.25, 0.3) is 5.91 Å². The summed E-state index contributed by atoms with van der Waals surface area (Å²) in [4.78, 5) is 22.0. The van der Waals surface area contributed by atoms with Crippen molar-refractivity contribution in [1.29, 1.82) is 0 Å². The number of rotatable bonds is 5. The zero-order valence-corrected chi connectivity index (χ0v) is 18.7. The van der Waals surface area contributed by atoms with E-state index in [9.17, 15) is 4.79 Å². The molecule has 0 aliphatic carbocycles. The molecule has 1 amide bonds. The molecule has 9 nitrogen and oxygen atoms in total. The summed E-state index contributed by atoms with van der Waals surface area (Å²) in [6.45, 7) is 10.4. The number of pyridine rings is 1. The number of imidazole rings is 1. The van der Waals surface area contributed by atoms with E-state index in [2.05, 4.69) is 51.2 Å². The third-order valence-electron chi connectivity index (χ3n) is 5.80. The number of amides is 1. The normalized spacial score (nSPS) is 19.6. The number of fused-ring (bicyclic) bond motifs is 1. The highest BCUT2D eigenvalue weighted by Crippen LogP contribution is 2.23. The van der Waals surface area contributed by atoms with E-state index < -0.39 is 0 Å². The fourth-order valence-electron chi connectivity index (χ4n) is 3.92. The lowest BCUT2D eigenvalue weighted by Gasteiger charge is -2.42. The lowest BCUT2D eigenvalue weighted by molar-refractivity contribution is 0.102. The summed E-state index contributed by atoms with van der Waals surface area (Å²) >= 11 is 0. The molecule has 1 aliphatic heterocycles. The van der Waals surface area contributed by atoms with Crippen LogP contribution >= 0.6 is 0 Å². The third-order valence-corrected chi connectivity index (χ3v) is 5.80. The van der Waals surface area contributed by atoms with Gasteiger partial charge >= 0.3 is 0 Å². The minimum absolute atomic E-state index is 0.305. The summed E-state index contributed by atoms with van der Waals surface area (Å²) in [5.41, 5.74) is 2.02. The first kappa shape index (κ1) is 21.0. The lowest BCUT2D eigenvalue weighted by atomic mass is 10.1. The Hall–Kier alpha value is -3.20. The zero-order valence-electron chi connectivity index (χ0n) is 18.7. The number of likely N-dealkylation sites (N-methyl/N-ethyl adjacent to an activating group) is 1. The average molecular weight is 424 g/mol. The van der Waals surface area contributed by atoms with Crippen LogP contribution in [0.4, 0.5) is 11.6 Å². The lowest BCUT2D eigenvalue weighted by Crippen LogP contribution is -2.55. The predicted octanol–water partition coefficient (Wildman–Crippen LogP) is 2.61. The van der Waals surface area contributed by atoms with E-state index in [4.69, 9.17) is 4.74 Å². The number of aryl methyl sites for hydroxylation is 1. The summed E-state index contributed by atoms with van der Waals surface area (Å²) in [6.07, 6.45) is 3.60. The number of nitrogens with zero attached hydrogens (tertiary/aromatic N) is 6. The molecule has 0 saturated carbocycles. The van der Waals surface area contributed by atoms with Gasteiger partial charge in [0.05, 0.1) is 17.9 Å². The maximum Gasteiger partial charge on any atom is 0.262 e. The van der Waals surface area contributed by atoms with Crippen LogP contribution in [-0.4, -0.2) is 69.2 Å². The summed E-state index contributed by atoms with van der Waals surface area (Å²) in [6, 6.07) is 6.33. The van der Waals surface area contributed by atoms with E-state index in [0.29, 0.717) is 35.8 Å². The second-order valence-electron chi connectivity index (χ2n) is 8.13. The first-order valence-electron chi connectivity index (χ1n) is 10.6. The Morgan fingerprint density at radius 2 is 1.94 bits per heavy atom. The number of anilines is 2. The SMILES string of the molecule is CCOc1cc2nc(C)cn2cc1C(=O)Nc1ccc(N2C[C@@H](C)N(C)[C@@H](C)C2)nn1. The number of aromatic nitrogens is 4. The molecule has 9 heteroatoms. The summed E-state index contributed by atoms with van der Waals surface area (Å²) < 4.78 is 7.50. The Labute approximate surface area is 182 Å². The van der Waals surface area contributed by atoms with Crippen molar-refractivity contribution in [3.8, 4) is 5.75 Å². The van der Waals surface area contributed by atoms with E-state index in [1.807, 2.05) is 30.5 Å². The molecule has 1 aliphatic rings. The fourth-order valence-corrected chi connectivity index (χ4v) is 3.92. The van der Waals surface area contributed by atoms with Gasteiger partial charge in [0.1, 0.15) is 11.4 Å². The van der Waals surface area contributed by atoms with Gasteiger partial charge in [0.2, 0.25) is 0 Å². The zero-order chi connectivity index (χ0) is 22.1. The van der Waals surface area contributed by atoms with Gasteiger partial charge in [-0.3, -0.25) is 9.69 Å². The van der Waals surface area contributed by atoms with Gasteiger partial charge in [0, 0.05) is 43.6 Å². The third kappa shape index (κ3) is 4.32. The Kier molecular flexibility index (Phi) is 5.77. The van der Waals surface area contributed by atoms with Crippen molar-refractivity contribution in [2.24, 2.45) is 0 Å². The van der Waals surface area contributed by atoms with Gasteiger partial charge in [-0.1, -0.05) is 0 Å². The molecule has 1 N–H and O–H groups in total. The van der Waals surface area contributed by atoms with E-state index in [1.54, 1.807) is 18.3 Å². The van der Waals surface area contributed by atoms with Crippen LogP contribution < -0.4 is 15.0 Å². The van der Waals surface area contributed by atoms with Gasteiger partial charge in [-0.2, -0.15) is 0 Å². The van der Waals surface area contributed by atoms with Crippen molar-refractivity contribution in [2.75, 3.05) is 37.0 Å². The fraction of sp³-hybridized carbons (Fsp3) is 0.455. The van der Waals surface area contributed by atoms with Crippen molar-refractivity contribution in [2.45, 2.75) is 39.8 Å². The molecule has 3 aromatic rings. The van der Waals surface area contributed by atoms with Gasteiger partial charge in [-0.15, -0.1) is 10.2 Å². The highest BCUT2D eigenvalue weighted by molar-refractivity contribution is 6.05. The highest BCUT2D eigenvalue weighted by atomic mass is 16.5. The molecule has 0 bridgehead atoms. The van der Waals surface area contributed by atoms with Crippen molar-refractivity contribution >= 4 is 23.2 Å². The van der Waals surface area contributed by atoms with Gasteiger partial charge in [-0.25, -0.2) is 4.98 Å². The quantitative estimate of drug-likeness (QED) is 0.675. The molecule has 0 spiro atoms. The summed E-state index contributed by atoms with van der Waals surface area (Å²) in [5.74, 6) is 1.40. The van der Waals surface area contributed by atoms with Crippen LogP contribution in [0.15, 0.2) is 30.6 Å². The molecule has 31 heavy (non-hydrogen) atoms. The number of carbonyl (C=O) groups excluding carboxylic acids is 1. The summed E-state index contributed by atoms with van der Waals surface area (Å²) in [5, 5.41) is 11.4. The maximum absolute atomic E-state index is 13.0. The van der Waals surface area contributed by atoms with Gasteiger partial charge in [0.15, 0.2) is 11.6 Å². The molecular weight excluding hydrogens is 394 g/mol. The van der Waals surface area contributed by atoms with Gasteiger partial charge < -0.3 is 19.4 Å². The van der Waals surface area contributed by atoms with Crippen LogP contribution in [-0.2, 0) is 0 Å². The van der Waals surface area contributed by atoms with Crippen LogP contribution in [0.1, 0.15) is 36.8 Å². The van der Waals surface area contributed by atoms with E-state index in [0.717, 1.165) is 30.2 Å². The standard InChI is InChI=1S/C22H29N7O2/c1-6-31-18-9-21-23-14(2)10-28(21)13-17(18)22(30)24-19-7-8-20(26-25-19)29-11-15(3)27(5)16(4)12-29/h7-10,13,15-16H,6,11-12H2,1-5H3,(H,24,25,30)/t15-,16+. The number of nitrogens with one attached hydrogen (secondary N) is 1. The minimum Gasteiger partial charge on any atom is -0.493 e. The molecule has 164 valence electrons. The van der Waals surface area contributed by atoms with Crippen LogP contribution in [0.2, 0.25) is 0 Å². The number of carbonyl (C=O) groups is 1. The molecule has 0 aromatic carbocycles. The Morgan fingerprint density at radius 3 is 2.58 bits per heavy atom. The molecule has 0 radical (unpaired) electrons. The second kappa shape index (κ2) is 8.50. The van der Waals surface area contributed by atoms with Crippen LogP contribution in [0.3, 0.4) is 0 Å². The number of hydrogen-bond donors (Lipinski definition) is 1. The molecule has 2 atom stereocenters. The van der Waals surface area contributed by atoms with Crippen molar-refractivity contribution in [1.82, 2.24) is 24.5 Å². The monoisotopic (exact) mass is 423 g/mol. The van der Waals surface area contributed by atoms with Crippen LogP contribution in [0.5, 0.6) is 5.75 Å². The number of piperazine rings is 1. The Bertz CT molecular complexity index is 1070. The number of hydrogen-bond acceptors (Lipinski definition) is 7. The van der Waals surface area contributed by atoms with Gasteiger partial charge in [-0.05, 0) is 46.9 Å². The van der Waals surface area contributed by atoms with Crippen molar-refractivity contribution < 1.29 is 9.53 Å². The smallest absolute Gasteiger partial charge is 0.262 e. The molecular formula is C22H29N7O2. The average Bonchev–Trinajstić information content (AvgIpc) is 3.10. The number of ether oxygens (including phenoxy) is 1. The second-order valence-corrected chi connectivity index (χ2v) is 8.13. The molecule has 3 aromatic heterocycles.